The fourth-order valence-electron chi connectivity index (χ4n) is 3.99. The molecule has 1 aromatic heterocycles. The van der Waals surface area contributed by atoms with Crippen LogP contribution in [0.3, 0.4) is 0 Å². The van der Waals surface area contributed by atoms with Crippen molar-refractivity contribution in [2.75, 3.05) is 44.8 Å². The molecule has 0 radical (unpaired) electrons. The summed E-state index contributed by atoms with van der Waals surface area (Å²) in [5.41, 5.74) is 3.88. The summed E-state index contributed by atoms with van der Waals surface area (Å²) in [6.07, 6.45) is 0.908. The first kappa shape index (κ1) is 28.1. The average molecular weight is 516 g/mol. The second-order valence-electron chi connectivity index (χ2n) is 9.32. The summed E-state index contributed by atoms with van der Waals surface area (Å²) in [6, 6.07) is 16.4. The lowest BCUT2D eigenvalue weighted by Crippen LogP contribution is -2.26. The summed E-state index contributed by atoms with van der Waals surface area (Å²) in [6.45, 7) is 12.4. The number of rotatable bonds is 14. The topological polar surface area (TPSA) is 90.8 Å². The zero-order valence-corrected chi connectivity index (χ0v) is 22.8. The Balaban J connectivity index is 1.70. The molecule has 0 spiro atoms. The van der Waals surface area contributed by atoms with E-state index < -0.39 is 7.82 Å². The molecule has 8 nitrogen and oxygen atoms in total. The lowest BCUT2D eigenvalue weighted by molar-refractivity contribution is 0.112. The van der Waals surface area contributed by atoms with Gasteiger partial charge in [-0.3, -0.25) is 22.9 Å². The minimum Gasteiger partial charge on any atom is -0.369 e. The smallest absolute Gasteiger partial charge is 0.369 e. The Kier molecular flexibility index (Phi) is 9.88. The quantitative estimate of drug-likeness (QED) is 0.156. The molecule has 0 saturated carbocycles. The van der Waals surface area contributed by atoms with E-state index in [9.17, 15) is 9.36 Å². The van der Waals surface area contributed by atoms with Gasteiger partial charge in [0, 0.05) is 30.7 Å². The van der Waals surface area contributed by atoms with Crippen LogP contribution < -0.4 is 10.6 Å². The van der Waals surface area contributed by atoms with Gasteiger partial charge in [0.2, 0.25) is 0 Å². The number of carbonyl (C=O) groups excluding carboxylic acids is 1. The second-order valence-corrected chi connectivity index (χ2v) is 11.0. The van der Waals surface area contributed by atoms with Crippen LogP contribution in [0.4, 0.5) is 5.82 Å². The predicted octanol–water partition coefficient (Wildman–Crippen LogP) is 5.94. The van der Waals surface area contributed by atoms with Gasteiger partial charge >= 0.3 is 7.82 Å². The minimum atomic E-state index is -3.50. The van der Waals surface area contributed by atoms with E-state index in [0.29, 0.717) is 25.2 Å². The van der Waals surface area contributed by atoms with Gasteiger partial charge in [-0.15, -0.1) is 0 Å². The predicted molar refractivity (Wildman–Crippen MR) is 146 cm³/mol. The van der Waals surface area contributed by atoms with Gasteiger partial charge in [-0.1, -0.05) is 51.1 Å². The third kappa shape index (κ3) is 6.84. The molecule has 2 N–H and O–H groups in total. The highest BCUT2D eigenvalue weighted by Gasteiger charge is 2.24. The molecule has 36 heavy (non-hydrogen) atoms. The van der Waals surface area contributed by atoms with E-state index in [0.717, 1.165) is 28.7 Å². The summed E-state index contributed by atoms with van der Waals surface area (Å²) >= 11 is 0. The minimum absolute atomic E-state index is 0.0563. The number of anilines is 1. The summed E-state index contributed by atoms with van der Waals surface area (Å²) in [5.74, 6) is 0.755. The number of para-hydroxylation sites is 1. The molecule has 1 heterocycles. The van der Waals surface area contributed by atoms with Gasteiger partial charge in [-0.25, -0.2) is 4.57 Å². The first-order valence-corrected chi connectivity index (χ1v) is 13.9. The maximum absolute atomic E-state index is 12.3. The van der Waals surface area contributed by atoms with E-state index in [4.69, 9.17) is 13.6 Å². The average Bonchev–Trinajstić information content (AvgIpc) is 3.16. The SMILES string of the molecule is CCOP(=O)(OCC)OCCNCCNc1c(C=O)c2ccccc2n1-c1ccc(C(C)(C)C)cc1. The van der Waals surface area contributed by atoms with Crippen LogP contribution >= 0.6 is 7.82 Å². The molecule has 2 aromatic carbocycles. The van der Waals surface area contributed by atoms with Crippen LogP contribution in [0.2, 0.25) is 0 Å². The third-order valence-electron chi connectivity index (χ3n) is 5.72. The zero-order chi connectivity index (χ0) is 26.2. The highest BCUT2D eigenvalue weighted by molar-refractivity contribution is 7.48. The van der Waals surface area contributed by atoms with Crippen molar-refractivity contribution in [3.8, 4) is 5.69 Å². The van der Waals surface area contributed by atoms with Crippen molar-refractivity contribution >= 4 is 30.8 Å². The molecule has 9 heteroatoms. The summed E-state index contributed by atoms with van der Waals surface area (Å²) in [5, 5.41) is 7.59. The number of aldehydes is 1. The second kappa shape index (κ2) is 12.7. The Morgan fingerprint density at radius 3 is 2.19 bits per heavy atom. The fourth-order valence-corrected chi connectivity index (χ4v) is 5.16. The molecule has 3 aromatic rings. The number of phosphoric acid groups is 1. The summed E-state index contributed by atoms with van der Waals surface area (Å²) < 4.78 is 30.0. The van der Waals surface area contributed by atoms with Crippen molar-refractivity contribution in [3.63, 3.8) is 0 Å². The molecular formula is C27H38N3O5P. The molecule has 0 amide bonds. The molecule has 0 aliphatic carbocycles. The van der Waals surface area contributed by atoms with E-state index in [2.05, 4.69) is 60.2 Å². The van der Waals surface area contributed by atoms with Crippen LogP contribution in [0.15, 0.2) is 48.5 Å². The van der Waals surface area contributed by atoms with Crippen LogP contribution in [0.25, 0.3) is 16.6 Å². The van der Waals surface area contributed by atoms with E-state index in [1.165, 1.54) is 5.56 Å². The standard InChI is InChI=1S/C27H38N3O5P/c1-6-33-36(32,34-7-2)35-19-18-28-16-17-29-26-24(20-31)23-10-8-9-11-25(23)30(26)22-14-12-21(13-15-22)27(3,4)5/h8-15,20,28-29H,6-7,16-19H2,1-5H3. The monoisotopic (exact) mass is 515 g/mol. The maximum Gasteiger partial charge on any atom is 0.474 e. The highest BCUT2D eigenvalue weighted by atomic mass is 31.2. The van der Waals surface area contributed by atoms with Gasteiger partial charge in [0.15, 0.2) is 6.29 Å². The molecule has 3 rings (SSSR count). The Morgan fingerprint density at radius 2 is 1.58 bits per heavy atom. The van der Waals surface area contributed by atoms with Crippen molar-refractivity contribution < 1.29 is 22.9 Å². The van der Waals surface area contributed by atoms with Crippen molar-refractivity contribution in [2.24, 2.45) is 0 Å². The fraction of sp³-hybridized carbons (Fsp3) is 0.444. The molecule has 0 unspecified atom stereocenters. The number of aromatic nitrogens is 1. The van der Waals surface area contributed by atoms with Gasteiger partial charge < -0.3 is 10.6 Å². The zero-order valence-electron chi connectivity index (χ0n) is 21.9. The summed E-state index contributed by atoms with van der Waals surface area (Å²) in [4.78, 5) is 12.1. The van der Waals surface area contributed by atoms with E-state index in [-0.39, 0.29) is 25.2 Å². The number of carbonyl (C=O) groups is 1. The number of hydrogen-bond acceptors (Lipinski definition) is 7. The number of nitrogens with zero attached hydrogens (tertiary/aromatic N) is 1. The van der Waals surface area contributed by atoms with Crippen molar-refractivity contribution in [2.45, 2.75) is 40.0 Å². The van der Waals surface area contributed by atoms with Gasteiger partial charge in [0.1, 0.15) is 5.82 Å². The van der Waals surface area contributed by atoms with Crippen molar-refractivity contribution in [1.82, 2.24) is 9.88 Å². The van der Waals surface area contributed by atoms with E-state index in [1.54, 1.807) is 13.8 Å². The summed E-state index contributed by atoms with van der Waals surface area (Å²) in [7, 11) is -3.50. The van der Waals surface area contributed by atoms with E-state index >= 15 is 0 Å². The van der Waals surface area contributed by atoms with Crippen LogP contribution in [-0.4, -0.2) is 50.3 Å². The first-order valence-electron chi connectivity index (χ1n) is 12.4. The van der Waals surface area contributed by atoms with Crippen LogP contribution in [0, 0.1) is 0 Å². The molecule has 0 fully saturated rings. The van der Waals surface area contributed by atoms with Crippen LogP contribution in [-0.2, 0) is 23.6 Å². The van der Waals surface area contributed by atoms with Gasteiger partial charge in [-0.05, 0) is 43.0 Å². The van der Waals surface area contributed by atoms with E-state index in [1.807, 2.05) is 24.3 Å². The van der Waals surface area contributed by atoms with Crippen LogP contribution in [0.1, 0.15) is 50.5 Å². The lowest BCUT2D eigenvalue weighted by Gasteiger charge is -2.20. The Bertz CT molecular complexity index is 1170. The third-order valence-corrected chi connectivity index (χ3v) is 7.37. The number of nitrogens with one attached hydrogen (secondary N) is 2. The molecule has 196 valence electrons. The molecule has 0 saturated heterocycles. The largest absolute Gasteiger partial charge is 0.474 e. The first-order chi connectivity index (χ1) is 17.2. The Hall–Kier alpha value is -2.48. The normalized spacial score (nSPS) is 12.2. The molecule has 0 bridgehead atoms. The molecular weight excluding hydrogens is 477 g/mol. The Morgan fingerprint density at radius 1 is 0.917 bits per heavy atom. The van der Waals surface area contributed by atoms with Gasteiger partial charge in [-0.2, -0.15) is 0 Å². The number of phosphoric ester groups is 1. The number of fused-ring (bicyclic) bond motifs is 1. The molecule has 0 atom stereocenters. The molecule has 0 aliphatic heterocycles. The van der Waals surface area contributed by atoms with Crippen molar-refractivity contribution in [1.29, 1.82) is 0 Å². The lowest BCUT2D eigenvalue weighted by atomic mass is 9.87. The van der Waals surface area contributed by atoms with Gasteiger partial charge in [0.25, 0.3) is 0 Å². The highest BCUT2D eigenvalue weighted by Crippen LogP contribution is 2.48. The number of benzene rings is 2. The molecule has 0 aliphatic rings. The Labute approximate surface area is 213 Å². The maximum atomic E-state index is 12.3. The number of hydrogen-bond donors (Lipinski definition) is 2. The van der Waals surface area contributed by atoms with Crippen molar-refractivity contribution in [3.05, 3.63) is 59.7 Å². The van der Waals surface area contributed by atoms with Gasteiger partial charge in [0.05, 0.1) is 30.9 Å². The van der Waals surface area contributed by atoms with Crippen LogP contribution in [0.5, 0.6) is 0 Å².